The largest absolute Gasteiger partial charge is 0.466 e. The molecule has 4 heteroatoms. The third kappa shape index (κ3) is 1.59. The van der Waals surface area contributed by atoms with Crippen LogP contribution in [0.15, 0.2) is 30.3 Å². The molecule has 78 valence electrons. The van der Waals surface area contributed by atoms with E-state index < -0.39 is 11.6 Å². The molecular weight excluding hydrogens is 192 g/mol. The van der Waals surface area contributed by atoms with Gasteiger partial charge in [0, 0.05) is 5.69 Å². The number of nitrogens with one attached hydrogen (secondary N) is 1. The van der Waals surface area contributed by atoms with Crippen LogP contribution in [0.3, 0.4) is 0 Å². The van der Waals surface area contributed by atoms with E-state index in [2.05, 4.69) is 10.1 Å². The highest BCUT2D eigenvalue weighted by Crippen LogP contribution is 2.25. The van der Waals surface area contributed by atoms with Gasteiger partial charge in [-0.3, -0.25) is 5.73 Å². The third-order valence-corrected chi connectivity index (χ3v) is 2.35. The van der Waals surface area contributed by atoms with Gasteiger partial charge >= 0.3 is 5.97 Å². The predicted octanol–water partition coefficient (Wildman–Crippen LogP) is 0.953. The van der Waals surface area contributed by atoms with E-state index >= 15 is 0 Å². The average Bonchev–Trinajstić information content (AvgIpc) is 2.27. The van der Waals surface area contributed by atoms with Gasteiger partial charge in [0.15, 0.2) is 0 Å². The number of esters is 1. The van der Waals surface area contributed by atoms with Crippen molar-refractivity contribution >= 4 is 17.7 Å². The molecule has 1 aromatic carbocycles. The molecule has 4 nitrogen and oxygen atoms in total. The number of methoxy groups -OCH3 is 1. The minimum absolute atomic E-state index is 0.506. The van der Waals surface area contributed by atoms with Gasteiger partial charge in [-0.25, -0.2) is 4.79 Å². The Hall–Kier alpha value is -1.81. The van der Waals surface area contributed by atoms with Gasteiger partial charge in [0.2, 0.25) is 5.66 Å². The van der Waals surface area contributed by atoms with Crippen molar-refractivity contribution in [1.82, 2.24) is 0 Å². The first-order valence-electron chi connectivity index (χ1n) is 4.59. The van der Waals surface area contributed by atoms with Crippen molar-refractivity contribution in [3.05, 3.63) is 35.9 Å². The molecule has 1 aromatic rings. The summed E-state index contributed by atoms with van der Waals surface area (Å²) in [5.74, 6) is -0.506. The average molecular weight is 204 g/mol. The van der Waals surface area contributed by atoms with Gasteiger partial charge in [-0.15, -0.1) is 0 Å². The maximum atomic E-state index is 11.4. The molecule has 1 heterocycles. The molecule has 0 spiro atoms. The van der Waals surface area contributed by atoms with Crippen molar-refractivity contribution in [2.45, 2.75) is 5.66 Å². The van der Waals surface area contributed by atoms with E-state index in [0.717, 1.165) is 11.3 Å². The van der Waals surface area contributed by atoms with Gasteiger partial charge in [-0.1, -0.05) is 24.3 Å². The molecule has 0 fully saturated rings. The highest BCUT2D eigenvalue weighted by atomic mass is 16.5. The Morgan fingerprint density at radius 2 is 2.20 bits per heavy atom. The Bertz CT molecular complexity index is 428. The first-order chi connectivity index (χ1) is 7.15. The lowest BCUT2D eigenvalue weighted by molar-refractivity contribution is -0.144. The minimum Gasteiger partial charge on any atom is -0.466 e. The van der Waals surface area contributed by atoms with Crippen LogP contribution in [-0.2, 0) is 9.53 Å². The maximum Gasteiger partial charge on any atom is 0.350 e. The lowest BCUT2D eigenvalue weighted by Gasteiger charge is -2.29. The summed E-state index contributed by atoms with van der Waals surface area (Å²) in [6, 6.07) is 7.61. The van der Waals surface area contributed by atoms with E-state index in [0.29, 0.717) is 0 Å². The Morgan fingerprint density at radius 3 is 2.93 bits per heavy atom. The number of carbonyl (C=O) groups is 1. The van der Waals surface area contributed by atoms with Gasteiger partial charge < -0.3 is 10.1 Å². The summed E-state index contributed by atoms with van der Waals surface area (Å²) in [4.78, 5) is 11.4. The van der Waals surface area contributed by atoms with Gasteiger partial charge in [0.25, 0.3) is 0 Å². The number of rotatable bonds is 1. The highest BCUT2D eigenvalue weighted by molar-refractivity contribution is 5.91. The van der Waals surface area contributed by atoms with Gasteiger partial charge in [-0.2, -0.15) is 0 Å². The van der Waals surface area contributed by atoms with Crippen LogP contribution in [0.1, 0.15) is 5.56 Å². The number of hydrogen-bond acceptors (Lipinski definition) is 4. The van der Waals surface area contributed by atoms with Crippen LogP contribution in [-0.4, -0.2) is 18.7 Å². The van der Waals surface area contributed by atoms with Gasteiger partial charge in [0.1, 0.15) is 0 Å². The normalized spacial score (nSPS) is 22.8. The lowest BCUT2D eigenvalue weighted by atomic mass is 10.0. The predicted molar refractivity (Wildman–Crippen MR) is 58.0 cm³/mol. The van der Waals surface area contributed by atoms with Crippen molar-refractivity contribution in [2.75, 3.05) is 12.4 Å². The Balaban J connectivity index is 2.37. The van der Waals surface area contributed by atoms with Gasteiger partial charge in [-0.05, 0) is 17.7 Å². The second kappa shape index (κ2) is 3.40. The molecule has 1 unspecified atom stereocenters. The van der Waals surface area contributed by atoms with Crippen molar-refractivity contribution in [1.29, 1.82) is 0 Å². The summed E-state index contributed by atoms with van der Waals surface area (Å²) in [7, 11) is 1.31. The molecule has 1 atom stereocenters. The molecule has 1 aliphatic heterocycles. The molecule has 1 aliphatic rings. The van der Waals surface area contributed by atoms with Crippen molar-refractivity contribution < 1.29 is 9.53 Å². The first-order valence-corrected chi connectivity index (χ1v) is 4.59. The summed E-state index contributed by atoms with van der Waals surface area (Å²) in [6.07, 6.45) is 3.41. The number of nitrogens with two attached hydrogens (primary N) is 1. The monoisotopic (exact) mass is 204 g/mol. The first kappa shape index (κ1) is 9.73. The quantitative estimate of drug-likeness (QED) is 0.668. The number of fused-ring (bicyclic) bond motifs is 1. The van der Waals surface area contributed by atoms with Gasteiger partial charge in [0.05, 0.1) is 7.11 Å². The van der Waals surface area contributed by atoms with Crippen LogP contribution in [0.2, 0.25) is 0 Å². The maximum absolute atomic E-state index is 11.4. The number of ether oxygens (including phenoxy) is 1. The summed E-state index contributed by atoms with van der Waals surface area (Å²) in [5, 5.41) is 2.94. The Labute approximate surface area is 87.7 Å². The summed E-state index contributed by atoms with van der Waals surface area (Å²) < 4.78 is 4.63. The highest BCUT2D eigenvalue weighted by Gasteiger charge is 2.34. The fourth-order valence-electron chi connectivity index (χ4n) is 1.53. The molecular formula is C11H12N2O2. The standard InChI is InChI=1S/C11H12N2O2/c1-15-10(14)11(12)7-6-8-4-2-3-5-9(8)13-11/h2-7,13H,12H2,1H3. The van der Waals surface area contributed by atoms with Crippen LogP contribution >= 0.6 is 0 Å². The summed E-state index contributed by atoms with van der Waals surface area (Å²) in [6.45, 7) is 0. The third-order valence-electron chi connectivity index (χ3n) is 2.35. The second-order valence-electron chi connectivity index (χ2n) is 3.41. The zero-order chi connectivity index (χ0) is 10.9. The fourth-order valence-corrected chi connectivity index (χ4v) is 1.53. The number of hydrogen-bond donors (Lipinski definition) is 2. The van der Waals surface area contributed by atoms with E-state index in [4.69, 9.17) is 5.73 Å². The number of anilines is 1. The smallest absolute Gasteiger partial charge is 0.350 e. The van der Waals surface area contributed by atoms with E-state index in [9.17, 15) is 4.79 Å². The van der Waals surface area contributed by atoms with Crippen molar-refractivity contribution in [3.8, 4) is 0 Å². The second-order valence-corrected chi connectivity index (χ2v) is 3.41. The fraction of sp³-hybridized carbons (Fsp3) is 0.182. The van der Waals surface area contributed by atoms with Crippen LogP contribution in [0.25, 0.3) is 6.08 Å². The Kier molecular flexibility index (Phi) is 2.21. The Morgan fingerprint density at radius 1 is 1.47 bits per heavy atom. The van der Waals surface area contributed by atoms with E-state index in [1.165, 1.54) is 7.11 Å². The van der Waals surface area contributed by atoms with Crippen LogP contribution in [0.5, 0.6) is 0 Å². The zero-order valence-corrected chi connectivity index (χ0v) is 8.36. The zero-order valence-electron chi connectivity index (χ0n) is 8.36. The van der Waals surface area contributed by atoms with Crippen LogP contribution in [0.4, 0.5) is 5.69 Å². The number of carbonyl (C=O) groups excluding carboxylic acids is 1. The molecule has 0 saturated carbocycles. The molecule has 0 saturated heterocycles. The molecule has 3 N–H and O–H groups in total. The van der Waals surface area contributed by atoms with Crippen LogP contribution in [0, 0.1) is 0 Å². The molecule has 0 aliphatic carbocycles. The molecule has 0 bridgehead atoms. The molecule has 0 amide bonds. The molecule has 0 aromatic heterocycles. The van der Waals surface area contributed by atoms with Crippen molar-refractivity contribution in [2.24, 2.45) is 5.73 Å². The topological polar surface area (TPSA) is 64.3 Å². The summed E-state index contributed by atoms with van der Waals surface area (Å²) in [5.41, 5.74) is 6.42. The minimum atomic E-state index is -1.26. The SMILES string of the molecule is COC(=O)C1(N)C=Cc2ccccc2N1. The van der Waals surface area contributed by atoms with E-state index in [-0.39, 0.29) is 0 Å². The lowest BCUT2D eigenvalue weighted by Crippen LogP contribution is -2.54. The number of para-hydroxylation sites is 1. The summed E-state index contributed by atoms with van der Waals surface area (Å²) >= 11 is 0. The van der Waals surface area contributed by atoms with Crippen LogP contribution < -0.4 is 11.1 Å². The number of benzene rings is 1. The molecule has 2 rings (SSSR count). The molecule has 15 heavy (non-hydrogen) atoms. The molecule has 0 radical (unpaired) electrons. The van der Waals surface area contributed by atoms with Crippen molar-refractivity contribution in [3.63, 3.8) is 0 Å². The van der Waals surface area contributed by atoms with E-state index in [1.54, 1.807) is 6.08 Å². The van der Waals surface area contributed by atoms with E-state index in [1.807, 2.05) is 30.3 Å².